The normalized spacial score (nSPS) is 10.9. The molecule has 2 heterocycles. The van der Waals surface area contributed by atoms with Crippen LogP contribution in [0.4, 0.5) is 10.1 Å². The number of aromatic amines is 1. The van der Waals surface area contributed by atoms with E-state index < -0.39 is 5.82 Å². The highest BCUT2D eigenvalue weighted by Gasteiger charge is 2.22. The lowest BCUT2D eigenvalue weighted by atomic mass is 9.93. The van der Waals surface area contributed by atoms with Gasteiger partial charge < -0.3 is 10.0 Å². The van der Waals surface area contributed by atoms with Crippen LogP contribution in [0, 0.1) is 24.1 Å². The smallest absolute Gasteiger partial charge is 0.156 e. The molecule has 7 heteroatoms. The second-order valence-electron chi connectivity index (χ2n) is 6.96. The number of benzene rings is 2. The van der Waals surface area contributed by atoms with E-state index >= 15 is 0 Å². The van der Waals surface area contributed by atoms with Crippen molar-refractivity contribution in [1.29, 1.82) is 5.26 Å². The maximum atomic E-state index is 14.6. The number of H-pyrrole nitrogens is 1. The average Bonchev–Trinajstić information content (AvgIpc) is 3.07. The molecule has 0 aliphatic carbocycles. The summed E-state index contributed by atoms with van der Waals surface area (Å²) in [7, 11) is 3.90. The van der Waals surface area contributed by atoms with Crippen molar-refractivity contribution in [3.8, 4) is 34.2 Å². The van der Waals surface area contributed by atoms with E-state index in [0.717, 1.165) is 22.7 Å². The maximum absolute atomic E-state index is 14.6. The van der Waals surface area contributed by atoms with Crippen molar-refractivity contribution >= 4 is 16.7 Å². The fraction of sp³-hybridized carbons (Fsp3) is 0.136. The molecule has 2 N–H and O–H groups in total. The summed E-state index contributed by atoms with van der Waals surface area (Å²) in [5, 5.41) is 27.4. The molecule has 0 bridgehead atoms. The van der Waals surface area contributed by atoms with Gasteiger partial charge in [-0.3, -0.25) is 5.10 Å². The third-order valence-corrected chi connectivity index (χ3v) is 4.88. The summed E-state index contributed by atoms with van der Waals surface area (Å²) in [5.41, 5.74) is 4.24. The number of nitriles is 1. The Kier molecular flexibility index (Phi) is 4.40. The molecule has 2 aromatic heterocycles. The number of aryl methyl sites for hydroxylation is 1. The number of nitrogens with zero attached hydrogens (tertiary/aromatic N) is 4. The summed E-state index contributed by atoms with van der Waals surface area (Å²) in [6.45, 7) is 1.83. The minimum atomic E-state index is -0.654. The van der Waals surface area contributed by atoms with Gasteiger partial charge in [-0.1, -0.05) is 12.1 Å². The molecule has 0 fully saturated rings. The summed E-state index contributed by atoms with van der Waals surface area (Å²) in [4.78, 5) is 6.47. The van der Waals surface area contributed by atoms with Crippen molar-refractivity contribution in [2.75, 3.05) is 19.0 Å². The summed E-state index contributed by atoms with van der Waals surface area (Å²) in [6, 6.07) is 13.8. The largest absolute Gasteiger partial charge is 0.508 e. The molecule has 0 saturated heterocycles. The fourth-order valence-electron chi connectivity index (χ4n) is 3.43. The minimum Gasteiger partial charge on any atom is -0.508 e. The molecule has 0 atom stereocenters. The lowest BCUT2D eigenvalue weighted by molar-refractivity contribution is 0.469. The fourth-order valence-corrected chi connectivity index (χ4v) is 3.43. The van der Waals surface area contributed by atoms with E-state index in [1.807, 2.05) is 50.2 Å². The van der Waals surface area contributed by atoms with Crippen LogP contribution < -0.4 is 4.90 Å². The van der Waals surface area contributed by atoms with Gasteiger partial charge in [0.25, 0.3) is 0 Å². The van der Waals surface area contributed by atoms with Gasteiger partial charge in [0, 0.05) is 37.0 Å². The molecule has 4 aromatic rings. The molecule has 0 aliphatic rings. The van der Waals surface area contributed by atoms with E-state index in [1.54, 1.807) is 0 Å². The van der Waals surface area contributed by atoms with Crippen molar-refractivity contribution in [2.45, 2.75) is 6.92 Å². The van der Waals surface area contributed by atoms with Crippen molar-refractivity contribution in [3.63, 3.8) is 0 Å². The van der Waals surface area contributed by atoms with Crippen LogP contribution in [0.15, 0.2) is 42.5 Å². The first-order valence-corrected chi connectivity index (χ1v) is 8.96. The lowest BCUT2D eigenvalue weighted by Gasteiger charge is -2.15. The predicted octanol–water partition coefficient (Wildman–Crippen LogP) is 4.38. The number of phenols is 1. The van der Waals surface area contributed by atoms with Crippen LogP contribution in [0.3, 0.4) is 0 Å². The molecule has 0 amide bonds. The van der Waals surface area contributed by atoms with Crippen LogP contribution in [0.2, 0.25) is 0 Å². The van der Waals surface area contributed by atoms with Gasteiger partial charge in [-0.2, -0.15) is 10.4 Å². The molecule has 4 rings (SSSR count). The molecule has 29 heavy (non-hydrogen) atoms. The number of nitrogens with one attached hydrogen (secondary N) is 1. The first kappa shape index (κ1) is 18.4. The van der Waals surface area contributed by atoms with E-state index in [9.17, 15) is 14.8 Å². The molecule has 0 saturated carbocycles. The first-order valence-electron chi connectivity index (χ1n) is 8.96. The van der Waals surface area contributed by atoms with E-state index in [4.69, 9.17) is 0 Å². The number of anilines is 1. The Morgan fingerprint density at radius 2 is 1.86 bits per heavy atom. The van der Waals surface area contributed by atoms with Gasteiger partial charge in [0.15, 0.2) is 5.65 Å². The summed E-state index contributed by atoms with van der Waals surface area (Å²) < 4.78 is 14.6. The number of phenolic OH excluding ortho intramolecular Hbond substituents is 1. The van der Waals surface area contributed by atoms with Gasteiger partial charge in [-0.05, 0) is 36.8 Å². The first-order chi connectivity index (χ1) is 13.9. The number of aromatic hydroxyl groups is 1. The van der Waals surface area contributed by atoms with Crippen molar-refractivity contribution in [1.82, 2.24) is 15.2 Å². The Morgan fingerprint density at radius 3 is 2.48 bits per heavy atom. The standard InChI is InChI=1S/C22H18FN5O/c1-12-19-20(13-4-6-14(7-5-13)28(2)3)17(11-24)21(25-22(19)27-26-12)16-9-8-15(29)10-18(16)23/h4-10,29H,1-3H3,(H,25,26,27). The second-order valence-corrected chi connectivity index (χ2v) is 6.96. The molecule has 6 nitrogen and oxygen atoms in total. The van der Waals surface area contributed by atoms with Gasteiger partial charge in [0.1, 0.15) is 17.6 Å². The summed E-state index contributed by atoms with van der Waals surface area (Å²) in [6.07, 6.45) is 0. The van der Waals surface area contributed by atoms with Gasteiger partial charge in [-0.15, -0.1) is 0 Å². The van der Waals surface area contributed by atoms with E-state index in [-0.39, 0.29) is 22.6 Å². The minimum absolute atomic E-state index is 0.139. The second kappa shape index (κ2) is 6.91. The molecular weight excluding hydrogens is 369 g/mol. The quantitative estimate of drug-likeness (QED) is 0.544. The molecule has 0 aliphatic heterocycles. The van der Waals surface area contributed by atoms with Crippen LogP contribution in [-0.2, 0) is 0 Å². The third kappa shape index (κ3) is 3.05. The van der Waals surface area contributed by atoms with Crippen LogP contribution >= 0.6 is 0 Å². The highest BCUT2D eigenvalue weighted by Crippen LogP contribution is 2.38. The predicted molar refractivity (Wildman–Crippen MR) is 110 cm³/mol. The highest BCUT2D eigenvalue weighted by atomic mass is 19.1. The SMILES string of the molecule is Cc1n[nH]c2nc(-c3ccc(O)cc3F)c(C#N)c(-c3ccc(N(C)C)cc3)c12. The summed E-state index contributed by atoms with van der Waals surface area (Å²) in [5.74, 6) is -0.846. The molecule has 2 aromatic carbocycles. The number of aromatic nitrogens is 3. The Bertz CT molecular complexity index is 1270. The van der Waals surface area contributed by atoms with Crippen LogP contribution in [0.1, 0.15) is 11.3 Å². The number of hydrogen-bond acceptors (Lipinski definition) is 5. The molecular formula is C22H18FN5O. The zero-order chi connectivity index (χ0) is 20.7. The van der Waals surface area contributed by atoms with Crippen molar-refractivity contribution < 1.29 is 9.50 Å². The monoisotopic (exact) mass is 387 g/mol. The van der Waals surface area contributed by atoms with Gasteiger partial charge in [0.2, 0.25) is 0 Å². The lowest BCUT2D eigenvalue weighted by Crippen LogP contribution is -2.08. The molecule has 144 valence electrons. The number of hydrogen-bond donors (Lipinski definition) is 2. The molecule has 0 spiro atoms. The van der Waals surface area contributed by atoms with Crippen LogP contribution in [0.25, 0.3) is 33.4 Å². The number of rotatable bonds is 3. The van der Waals surface area contributed by atoms with Gasteiger partial charge in [-0.25, -0.2) is 9.37 Å². The average molecular weight is 387 g/mol. The Morgan fingerprint density at radius 1 is 1.14 bits per heavy atom. The molecule has 0 radical (unpaired) electrons. The number of pyridine rings is 1. The number of halogens is 1. The zero-order valence-electron chi connectivity index (χ0n) is 16.2. The Hall–Kier alpha value is -3.92. The number of fused-ring (bicyclic) bond motifs is 1. The van der Waals surface area contributed by atoms with E-state index in [2.05, 4.69) is 21.3 Å². The van der Waals surface area contributed by atoms with Gasteiger partial charge in [0.05, 0.1) is 22.3 Å². The molecule has 0 unspecified atom stereocenters. The summed E-state index contributed by atoms with van der Waals surface area (Å²) >= 11 is 0. The van der Waals surface area contributed by atoms with E-state index in [0.29, 0.717) is 16.9 Å². The third-order valence-electron chi connectivity index (χ3n) is 4.88. The van der Waals surface area contributed by atoms with Crippen LogP contribution in [-0.4, -0.2) is 34.4 Å². The van der Waals surface area contributed by atoms with Gasteiger partial charge >= 0.3 is 0 Å². The highest BCUT2D eigenvalue weighted by molar-refractivity contribution is 6.00. The zero-order valence-corrected chi connectivity index (χ0v) is 16.2. The Labute approximate surface area is 166 Å². The van der Waals surface area contributed by atoms with Crippen LogP contribution in [0.5, 0.6) is 5.75 Å². The Balaban J connectivity index is 2.07. The topological polar surface area (TPSA) is 88.8 Å². The van der Waals surface area contributed by atoms with Crippen molar-refractivity contribution in [3.05, 3.63) is 59.5 Å². The van der Waals surface area contributed by atoms with E-state index in [1.165, 1.54) is 12.1 Å². The maximum Gasteiger partial charge on any atom is 0.156 e. The van der Waals surface area contributed by atoms with Crippen molar-refractivity contribution in [2.24, 2.45) is 0 Å².